The van der Waals surface area contributed by atoms with Crippen molar-refractivity contribution in [1.82, 2.24) is 14.7 Å². The van der Waals surface area contributed by atoms with Crippen molar-refractivity contribution in [2.45, 2.75) is 10.6 Å². The van der Waals surface area contributed by atoms with Crippen LogP contribution in [0, 0.1) is 10.1 Å². The molecule has 0 unspecified atom stereocenters. The van der Waals surface area contributed by atoms with E-state index in [2.05, 4.69) is 14.7 Å². The number of nitrogens with one attached hydrogen (secondary N) is 2. The highest BCUT2D eigenvalue weighted by Crippen LogP contribution is 2.35. The average molecular weight is 337 g/mol. The van der Waals surface area contributed by atoms with E-state index in [0.717, 1.165) is 6.07 Å². The standard InChI is InChI=1S/C9H9ClN4O4S2/c10-9-6(14(15)16)5-8(19-9)20(17,18)13-2-1-7-11-3-4-12-7/h3-5,13H,1-2H2,(H,11,12). The molecular weight excluding hydrogens is 328 g/mol. The third kappa shape index (κ3) is 3.33. The average Bonchev–Trinajstić information content (AvgIpc) is 2.98. The monoisotopic (exact) mass is 336 g/mol. The number of nitro groups is 1. The molecule has 2 aromatic heterocycles. The number of halogens is 1. The summed E-state index contributed by atoms with van der Waals surface area (Å²) in [5.74, 6) is 0.642. The van der Waals surface area contributed by atoms with Crippen LogP contribution in [0.25, 0.3) is 0 Å². The molecule has 20 heavy (non-hydrogen) atoms. The van der Waals surface area contributed by atoms with Gasteiger partial charge in [-0.15, -0.1) is 11.3 Å². The Bertz CT molecular complexity index is 710. The maximum atomic E-state index is 11.9. The van der Waals surface area contributed by atoms with Crippen molar-refractivity contribution < 1.29 is 13.3 Å². The fourth-order valence-electron chi connectivity index (χ4n) is 1.40. The molecule has 0 saturated carbocycles. The molecule has 8 nitrogen and oxygen atoms in total. The molecule has 0 fully saturated rings. The van der Waals surface area contributed by atoms with Crippen molar-refractivity contribution in [2.24, 2.45) is 0 Å². The predicted octanol–water partition coefficient (Wildman–Crippen LogP) is 1.55. The highest BCUT2D eigenvalue weighted by Gasteiger charge is 2.24. The zero-order chi connectivity index (χ0) is 14.8. The predicted molar refractivity (Wildman–Crippen MR) is 73.5 cm³/mol. The fraction of sp³-hybridized carbons (Fsp3) is 0.222. The number of H-pyrrole nitrogens is 1. The number of thiophene rings is 1. The largest absolute Gasteiger partial charge is 0.349 e. The second-order valence-corrected chi connectivity index (χ2v) is 7.31. The normalized spacial score (nSPS) is 11.7. The molecule has 2 heterocycles. The van der Waals surface area contributed by atoms with Crippen LogP contribution in [-0.2, 0) is 16.4 Å². The molecule has 2 aromatic rings. The molecule has 0 aromatic carbocycles. The van der Waals surface area contributed by atoms with Gasteiger partial charge in [0, 0.05) is 31.4 Å². The Labute approximate surface area is 123 Å². The second-order valence-electron chi connectivity index (χ2n) is 3.67. The number of hydrogen-bond acceptors (Lipinski definition) is 6. The molecule has 11 heteroatoms. The van der Waals surface area contributed by atoms with Gasteiger partial charge in [0.05, 0.1) is 4.92 Å². The van der Waals surface area contributed by atoms with Crippen molar-refractivity contribution in [2.75, 3.05) is 6.54 Å². The quantitative estimate of drug-likeness (QED) is 0.613. The smallest absolute Gasteiger partial charge is 0.300 e. The highest BCUT2D eigenvalue weighted by atomic mass is 35.5. The summed E-state index contributed by atoms with van der Waals surface area (Å²) >= 11 is 6.28. The van der Waals surface area contributed by atoms with E-state index in [1.165, 1.54) is 0 Å². The van der Waals surface area contributed by atoms with Crippen LogP contribution in [0.15, 0.2) is 22.7 Å². The summed E-state index contributed by atoms with van der Waals surface area (Å²) in [7, 11) is -3.81. The molecule has 2 N–H and O–H groups in total. The zero-order valence-corrected chi connectivity index (χ0v) is 12.3. The van der Waals surface area contributed by atoms with Gasteiger partial charge in [0.1, 0.15) is 10.0 Å². The van der Waals surface area contributed by atoms with Crippen molar-refractivity contribution in [3.63, 3.8) is 0 Å². The van der Waals surface area contributed by atoms with Crippen LogP contribution >= 0.6 is 22.9 Å². The summed E-state index contributed by atoms with van der Waals surface area (Å²) in [4.78, 5) is 16.7. The van der Waals surface area contributed by atoms with Crippen molar-refractivity contribution >= 4 is 38.6 Å². The maximum Gasteiger partial charge on any atom is 0.300 e. The molecule has 0 aliphatic carbocycles. The number of aromatic amines is 1. The first-order chi connectivity index (χ1) is 9.40. The van der Waals surface area contributed by atoms with E-state index in [1.54, 1.807) is 12.4 Å². The minimum absolute atomic E-state index is 0.124. The van der Waals surface area contributed by atoms with Gasteiger partial charge in [-0.25, -0.2) is 18.1 Å². The first kappa shape index (κ1) is 14.9. The van der Waals surface area contributed by atoms with Crippen LogP contribution in [0.5, 0.6) is 0 Å². The summed E-state index contributed by atoms with van der Waals surface area (Å²) in [6, 6.07) is 0.947. The molecule has 0 amide bonds. The number of nitrogens with zero attached hydrogens (tertiary/aromatic N) is 2. The molecule has 108 valence electrons. The summed E-state index contributed by atoms with van der Waals surface area (Å²) in [6.45, 7) is 0.124. The fourth-order valence-corrected chi connectivity index (χ4v) is 4.15. The minimum atomic E-state index is -3.81. The second kappa shape index (κ2) is 5.87. The van der Waals surface area contributed by atoms with E-state index < -0.39 is 20.6 Å². The SMILES string of the molecule is O=[N+]([O-])c1cc(S(=O)(=O)NCCc2ncc[nH]2)sc1Cl. The number of rotatable bonds is 6. The molecule has 0 saturated heterocycles. The molecule has 0 spiro atoms. The van der Waals surface area contributed by atoms with Crippen LogP contribution in [0.3, 0.4) is 0 Å². The molecule has 0 bridgehead atoms. The van der Waals surface area contributed by atoms with Gasteiger partial charge in [0.2, 0.25) is 10.0 Å². The van der Waals surface area contributed by atoms with Crippen LogP contribution in [0.4, 0.5) is 5.69 Å². The van der Waals surface area contributed by atoms with Crippen LogP contribution in [0.2, 0.25) is 4.34 Å². The molecule has 0 radical (unpaired) electrons. The van der Waals surface area contributed by atoms with Crippen molar-refractivity contribution in [3.05, 3.63) is 38.7 Å². The molecule has 0 aliphatic heterocycles. The van der Waals surface area contributed by atoms with Crippen LogP contribution < -0.4 is 4.72 Å². The summed E-state index contributed by atoms with van der Waals surface area (Å²) in [5.41, 5.74) is -0.414. The zero-order valence-electron chi connectivity index (χ0n) is 9.87. The number of imidazole rings is 1. The van der Waals surface area contributed by atoms with Gasteiger partial charge in [0.25, 0.3) is 5.69 Å². The van der Waals surface area contributed by atoms with Gasteiger partial charge in [-0.3, -0.25) is 10.1 Å². The van der Waals surface area contributed by atoms with Gasteiger partial charge in [-0.2, -0.15) is 0 Å². The summed E-state index contributed by atoms with van der Waals surface area (Å²) < 4.78 is 25.9. The van der Waals surface area contributed by atoms with E-state index in [0.29, 0.717) is 23.6 Å². The van der Waals surface area contributed by atoms with E-state index in [4.69, 9.17) is 11.6 Å². The molecule has 0 aliphatic rings. The number of hydrogen-bond donors (Lipinski definition) is 2. The first-order valence-corrected chi connectivity index (χ1v) is 7.99. The van der Waals surface area contributed by atoms with Gasteiger partial charge in [-0.1, -0.05) is 11.6 Å². The van der Waals surface area contributed by atoms with Gasteiger partial charge < -0.3 is 4.98 Å². The highest BCUT2D eigenvalue weighted by molar-refractivity contribution is 7.91. The first-order valence-electron chi connectivity index (χ1n) is 5.32. The lowest BCUT2D eigenvalue weighted by Crippen LogP contribution is -2.25. The molecule has 2 rings (SSSR count). The van der Waals surface area contributed by atoms with Gasteiger partial charge in [0.15, 0.2) is 4.34 Å². The minimum Gasteiger partial charge on any atom is -0.349 e. The van der Waals surface area contributed by atoms with Crippen molar-refractivity contribution in [3.8, 4) is 0 Å². The Morgan fingerprint density at radius 2 is 2.30 bits per heavy atom. The Kier molecular flexibility index (Phi) is 4.38. The van der Waals surface area contributed by atoms with E-state index in [1.807, 2.05) is 0 Å². The Morgan fingerprint density at radius 3 is 2.85 bits per heavy atom. The lowest BCUT2D eigenvalue weighted by atomic mass is 10.4. The van der Waals surface area contributed by atoms with Gasteiger partial charge in [-0.05, 0) is 0 Å². The Morgan fingerprint density at radius 1 is 1.55 bits per heavy atom. The van der Waals surface area contributed by atoms with E-state index in [-0.39, 0.29) is 15.1 Å². The lowest BCUT2D eigenvalue weighted by molar-refractivity contribution is -0.384. The van der Waals surface area contributed by atoms with Crippen LogP contribution in [0.1, 0.15) is 5.82 Å². The molecular formula is C9H9ClN4O4S2. The topological polar surface area (TPSA) is 118 Å². The number of aromatic nitrogens is 2. The third-order valence-corrected chi connectivity index (χ3v) is 5.59. The molecule has 0 atom stereocenters. The Balaban J connectivity index is 2.06. The number of sulfonamides is 1. The Hall–Kier alpha value is -1.49. The third-order valence-electron chi connectivity index (χ3n) is 2.32. The summed E-state index contributed by atoms with van der Waals surface area (Å²) in [6.07, 6.45) is 3.58. The van der Waals surface area contributed by atoms with Crippen molar-refractivity contribution in [1.29, 1.82) is 0 Å². The maximum absolute atomic E-state index is 11.9. The lowest BCUT2D eigenvalue weighted by Gasteiger charge is -2.02. The summed E-state index contributed by atoms with van der Waals surface area (Å²) in [5, 5.41) is 10.6. The van der Waals surface area contributed by atoms with E-state index in [9.17, 15) is 18.5 Å². The van der Waals surface area contributed by atoms with E-state index >= 15 is 0 Å². The van der Waals surface area contributed by atoms with Crippen LogP contribution in [-0.4, -0.2) is 29.9 Å². The van der Waals surface area contributed by atoms with Gasteiger partial charge >= 0.3 is 0 Å².